The highest BCUT2D eigenvalue weighted by Crippen LogP contribution is 2.25. The average molecular weight is 403 g/mol. The lowest BCUT2D eigenvalue weighted by Gasteiger charge is -2.05. The number of nitrogens with zero attached hydrogens (tertiary/aromatic N) is 2. The molecule has 7 nitrogen and oxygen atoms in total. The first-order valence-corrected chi connectivity index (χ1v) is 10.4. The summed E-state index contributed by atoms with van der Waals surface area (Å²) in [5, 5.41) is 2.95. The maximum Gasteiger partial charge on any atom is 0.263 e. The van der Waals surface area contributed by atoms with Crippen LogP contribution >= 0.6 is 11.3 Å². The lowest BCUT2D eigenvalue weighted by molar-refractivity contribution is 0.0954. The van der Waals surface area contributed by atoms with E-state index in [-0.39, 0.29) is 15.9 Å². The van der Waals surface area contributed by atoms with Gasteiger partial charge in [-0.3, -0.25) is 14.5 Å². The fraction of sp³-hybridized carbons (Fsp3) is 0.167. The number of sulfonamides is 1. The normalized spacial score (nSPS) is 11.2. The first kappa shape index (κ1) is 19.0. The molecule has 3 rings (SSSR count). The highest BCUT2D eigenvalue weighted by Gasteiger charge is 2.20. The fourth-order valence-electron chi connectivity index (χ4n) is 2.31. The van der Waals surface area contributed by atoms with E-state index < -0.39 is 10.0 Å². The maximum absolute atomic E-state index is 12.5. The van der Waals surface area contributed by atoms with Crippen LogP contribution in [0.15, 0.2) is 53.7 Å². The van der Waals surface area contributed by atoms with Crippen molar-refractivity contribution in [3.63, 3.8) is 0 Å². The predicted molar refractivity (Wildman–Crippen MR) is 104 cm³/mol. The molecule has 0 radical (unpaired) electrons. The molecular formula is C18H18N4O3S2. The molecule has 0 unspecified atom stereocenters. The molecule has 0 saturated carbocycles. The number of benzene rings is 1. The first-order valence-electron chi connectivity index (χ1n) is 8.09. The molecule has 27 heavy (non-hydrogen) atoms. The molecule has 0 aliphatic heterocycles. The van der Waals surface area contributed by atoms with E-state index in [0.29, 0.717) is 17.1 Å². The Hall–Kier alpha value is -2.78. The summed E-state index contributed by atoms with van der Waals surface area (Å²) in [6, 6.07) is 10.1. The minimum Gasteiger partial charge on any atom is -0.347 e. The molecule has 0 saturated heterocycles. The fourth-order valence-corrected chi connectivity index (χ4v) is 4.42. The Labute approximate surface area is 161 Å². The Bertz CT molecular complexity index is 1050. The molecule has 2 N–H and O–H groups in total. The number of carbonyl (C=O) groups is 1. The third-order valence-corrected chi connectivity index (χ3v) is 6.31. The summed E-state index contributed by atoms with van der Waals surface area (Å²) < 4.78 is 27.4. The number of rotatable bonds is 6. The van der Waals surface area contributed by atoms with Crippen molar-refractivity contribution in [3.8, 4) is 0 Å². The molecule has 9 heteroatoms. The lowest BCUT2D eigenvalue weighted by Crippen LogP contribution is -2.22. The Morgan fingerprint density at radius 3 is 2.41 bits per heavy atom. The number of nitrogens with one attached hydrogen (secondary N) is 2. The van der Waals surface area contributed by atoms with Gasteiger partial charge in [0.25, 0.3) is 15.9 Å². The number of aromatic nitrogens is 2. The Kier molecular flexibility index (Phi) is 5.52. The summed E-state index contributed by atoms with van der Waals surface area (Å²) >= 11 is 1.00. The van der Waals surface area contributed by atoms with E-state index in [1.807, 2.05) is 6.92 Å². The van der Waals surface area contributed by atoms with Gasteiger partial charge in [-0.1, -0.05) is 29.0 Å². The molecule has 0 atom stereocenters. The van der Waals surface area contributed by atoms with Crippen LogP contribution in [0, 0.1) is 13.8 Å². The summed E-state index contributed by atoms with van der Waals surface area (Å²) in [5.41, 5.74) is 2.35. The van der Waals surface area contributed by atoms with Gasteiger partial charge in [0.15, 0.2) is 5.13 Å². The molecule has 2 heterocycles. The van der Waals surface area contributed by atoms with Crippen molar-refractivity contribution in [2.24, 2.45) is 0 Å². The zero-order chi connectivity index (χ0) is 19.4. The smallest absolute Gasteiger partial charge is 0.263 e. The van der Waals surface area contributed by atoms with E-state index in [1.165, 1.54) is 12.1 Å². The van der Waals surface area contributed by atoms with Crippen molar-refractivity contribution in [1.29, 1.82) is 0 Å². The molecule has 0 aliphatic carbocycles. The molecule has 0 bridgehead atoms. The van der Waals surface area contributed by atoms with Crippen LogP contribution in [0.4, 0.5) is 5.13 Å². The quantitative estimate of drug-likeness (QED) is 0.660. The summed E-state index contributed by atoms with van der Waals surface area (Å²) in [6.45, 7) is 3.90. The van der Waals surface area contributed by atoms with Crippen molar-refractivity contribution in [2.75, 3.05) is 4.72 Å². The molecular weight excluding hydrogens is 384 g/mol. The minimum absolute atomic E-state index is 0.143. The molecule has 0 fully saturated rings. The second-order valence-electron chi connectivity index (χ2n) is 5.89. The first-order chi connectivity index (χ1) is 12.8. The molecule has 0 spiro atoms. The SMILES string of the molecule is Cc1ccc(S(=O)(=O)Nc2nc(C)c(C(=O)NCc3ccncc3)s2)cc1. The van der Waals surface area contributed by atoms with Crippen molar-refractivity contribution < 1.29 is 13.2 Å². The van der Waals surface area contributed by atoms with E-state index in [2.05, 4.69) is 20.0 Å². The topological polar surface area (TPSA) is 101 Å². The molecule has 1 amide bonds. The van der Waals surface area contributed by atoms with E-state index >= 15 is 0 Å². The Morgan fingerprint density at radius 1 is 1.07 bits per heavy atom. The molecule has 3 aromatic rings. The van der Waals surface area contributed by atoms with Crippen LogP contribution in [0.2, 0.25) is 0 Å². The Morgan fingerprint density at radius 2 is 1.74 bits per heavy atom. The number of thiazole rings is 1. The summed E-state index contributed by atoms with van der Waals surface area (Å²) in [6.07, 6.45) is 3.30. The van der Waals surface area contributed by atoms with Gasteiger partial charge in [0.2, 0.25) is 0 Å². The van der Waals surface area contributed by atoms with E-state index in [0.717, 1.165) is 22.5 Å². The van der Waals surface area contributed by atoms with Gasteiger partial charge in [-0.25, -0.2) is 13.4 Å². The number of hydrogen-bond acceptors (Lipinski definition) is 6. The van der Waals surface area contributed by atoms with Crippen LogP contribution in [-0.4, -0.2) is 24.3 Å². The maximum atomic E-state index is 12.5. The zero-order valence-electron chi connectivity index (χ0n) is 14.8. The standard InChI is InChI=1S/C18H18N4O3S2/c1-12-3-5-15(6-4-12)27(24,25)22-18-21-13(2)16(26-18)17(23)20-11-14-7-9-19-10-8-14/h3-10H,11H2,1-2H3,(H,20,23)(H,21,22). The van der Waals surface area contributed by atoms with Crippen LogP contribution in [0.1, 0.15) is 26.5 Å². The summed E-state index contributed by atoms with van der Waals surface area (Å²) in [4.78, 5) is 21.0. The lowest BCUT2D eigenvalue weighted by atomic mass is 10.2. The monoisotopic (exact) mass is 402 g/mol. The average Bonchev–Trinajstić information content (AvgIpc) is 3.00. The van der Waals surface area contributed by atoms with E-state index in [9.17, 15) is 13.2 Å². The largest absolute Gasteiger partial charge is 0.347 e. The van der Waals surface area contributed by atoms with Gasteiger partial charge in [-0.05, 0) is 43.7 Å². The number of amides is 1. The van der Waals surface area contributed by atoms with Gasteiger partial charge in [0.1, 0.15) is 4.88 Å². The van der Waals surface area contributed by atoms with Gasteiger partial charge in [-0.15, -0.1) is 0 Å². The van der Waals surface area contributed by atoms with Crippen LogP contribution in [0.5, 0.6) is 0 Å². The van der Waals surface area contributed by atoms with E-state index in [1.54, 1.807) is 43.6 Å². The van der Waals surface area contributed by atoms with Crippen molar-refractivity contribution in [1.82, 2.24) is 15.3 Å². The number of pyridine rings is 1. The number of aryl methyl sites for hydroxylation is 2. The second-order valence-corrected chi connectivity index (χ2v) is 8.57. The Balaban J connectivity index is 1.72. The van der Waals surface area contributed by atoms with Gasteiger partial charge >= 0.3 is 0 Å². The van der Waals surface area contributed by atoms with Crippen LogP contribution in [0.3, 0.4) is 0 Å². The minimum atomic E-state index is -3.76. The van der Waals surface area contributed by atoms with Crippen LogP contribution in [-0.2, 0) is 16.6 Å². The van der Waals surface area contributed by atoms with Crippen molar-refractivity contribution in [3.05, 3.63) is 70.5 Å². The highest BCUT2D eigenvalue weighted by atomic mass is 32.2. The number of carbonyl (C=O) groups excluding carboxylic acids is 1. The number of anilines is 1. The zero-order valence-corrected chi connectivity index (χ0v) is 16.4. The van der Waals surface area contributed by atoms with Crippen molar-refractivity contribution in [2.45, 2.75) is 25.3 Å². The third-order valence-electron chi connectivity index (χ3n) is 3.76. The van der Waals surface area contributed by atoms with Gasteiger partial charge < -0.3 is 5.32 Å². The molecule has 0 aliphatic rings. The van der Waals surface area contributed by atoms with Gasteiger partial charge in [-0.2, -0.15) is 0 Å². The van der Waals surface area contributed by atoms with Gasteiger partial charge in [0, 0.05) is 18.9 Å². The van der Waals surface area contributed by atoms with E-state index in [4.69, 9.17) is 0 Å². The molecule has 1 aromatic carbocycles. The summed E-state index contributed by atoms with van der Waals surface area (Å²) in [7, 11) is -3.76. The van der Waals surface area contributed by atoms with Crippen LogP contribution < -0.4 is 10.0 Å². The van der Waals surface area contributed by atoms with Gasteiger partial charge in [0.05, 0.1) is 10.6 Å². The third kappa shape index (κ3) is 4.69. The predicted octanol–water partition coefficient (Wildman–Crippen LogP) is 2.89. The summed E-state index contributed by atoms with van der Waals surface area (Å²) in [5.74, 6) is -0.303. The molecule has 2 aromatic heterocycles. The molecule has 140 valence electrons. The highest BCUT2D eigenvalue weighted by molar-refractivity contribution is 7.93. The van der Waals surface area contributed by atoms with Crippen molar-refractivity contribution >= 4 is 32.4 Å². The second kappa shape index (κ2) is 7.85. The number of hydrogen-bond donors (Lipinski definition) is 2. The van der Waals surface area contributed by atoms with Crippen LogP contribution in [0.25, 0.3) is 0 Å².